The van der Waals surface area contributed by atoms with Gasteiger partial charge in [0.1, 0.15) is 8.07 Å². The Morgan fingerprint density at radius 3 is 0.892 bits per heavy atom. The molecular weight excluding hydrogens is 1280 g/mol. The average Bonchev–Trinajstić information content (AvgIpc) is 0.751. The monoisotopic (exact) mass is 1370 g/mol. The Balaban J connectivity index is 0.000000109. The maximum absolute atomic E-state index is 5.81. The van der Waals surface area contributed by atoms with E-state index in [-0.39, 0.29) is 12.8 Å². The number of hydrogen-bond donors (Lipinski definition) is 0. The summed E-state index contributed by atoms with van der Waals surface area (Å²) in [6.45, 7) is 9.49. The zero-order valence-corrected chi connectivity index (χ0v) is 61.3. The van der Waals surface area contributed by atoms with Gasteiger partial charge in [-0.1, -0.05) is 234 Å². The van der Waals surface area contributed by atoms with Crippen LogP contribution < -0.4 is 54.3 Å². The number of anilines is 17. The fraction of sp³-hybridized carbons (Fsp3) is 0.143. The fourth-order valence-corrected chi connectivity index (χ4v) is 19.1. The molecule has 13 aromatic rings. The van der Waals surface area contributed by atoms with Gasteiger partial charge in [-0.2, -0.15) is 0 Å². The molecule has 0 unspecified atom stereocenters. The van der Waals surface area contributed by atoms with Crippen molar-refractivity contribution in [2.45, 2.75) is 49.6 Å². The van der Waals surface area contributed by atoms with Gasteiger partial charge in [-0.05, 0) is 155 Å². The van der Waals surface area contributed by atoms with E-state index >= 15 is 0 Å². The lowest BCUT2D eigenvalue weighted by Crippen LogP contribution is -2.58. The Hall–Kier alpha value is -11.4. The van der Waals surface area contributed by atoms with Crippen LogP contribution in [0.3, 0.4) is 0 Å². The molecule has 0 fully saturated rings. The van der Waals surface area contributed by atoms with Crippen LogP contribution in [0.4, 0.5) is 96.7 Å². The first-order chi connectivity index (χ1) is 49.1. The number of rotatable bonds is 1. The van der Waals surface area contributed by atoms with E-state index in [1.54, 1.807) is 10.4 Å². The van der Waals surface area contributed by atoms with Crippen LogP contribution in [-0.2, 0) is 5.41 Å². The molecule has 0 atom stereocenters. The van der Waals surface area contributed by atoms with Crippen molar-refractivity contribution in [3.05, 3.63) is 333 Å². The van der Waals surface area contributed by atoms with Crippen LogP contribution in [0, 0.1) is 0 Å². The van der Waals surface area contributed by atoms with E-state index in [9.17, 15) is 0 Å². The van der Waals surface area contributed by atoms with Gasteiger partial charge in [0.25, 0.3) is 0 Å². The fourth-order valence-electron chi connectivity index (χ4n) is 14.8. The van der Waals surface area contributed by atoms with E-state index in [0.717, 1.165) is 22.9 Å². The van der Waals surface area contributed by atoms with Crippen molar-refractivity contribution in [2.24, 2.45) is 0 Å². The van der Waals surface area contributed by atoms with Crippen molar-refractivity contribution in [1.82, 2.24) is 0 Å². The summed E-state index contributed by atoms with van der Waals surface area (Å²) in [4.78, 5) is 20.7. The molecule has 0 spiro atoms. The van der Waals surface area contributed by atoms with E-state index in [1.807, 2.05) is 48.2 Å². The molecule has 6 aliphatic heterocycles. The first kappa shape index (κ1) is 69.1. The molecular formula is C91H90N8OSSi. The van der Waals surface area contributed by atoms with E-state index in [2.05, 4.69) is 401 Å². The molecule has 0 radical (unpaired) electrons. The standard InChI is InChI=1S/C19H16N2.C16H17N.C15H17NSi.C14H14N2.C13H11NO.C13H11NS.CH4/c1-20-16-11-5-7-13-18(16)21(15-9-3-2-4-10-15)19-14-8-6-12-17(19)20;1-16(2)12-8-4-6-10-14(12)17(3)15-11-7-5-9-13(15)16;1-16-12-8-4-6-10-14(12)17(2,3)15-11-7-5-9-13(15)16;1-15-11-7-3-5-9-13(11)16(2)14-10-6-4-8-12(14)15;2*1-14-10-6-2-4-8-12(10)15-13-9-5-3-7-11(13)14;/h2-14H,1H3;2*4-11H,1-3H3;3-10H,1-2H3;2*2-9H,1H3;1H4. The Kier molecular flexibility index (Phi) is 20.0. The lowest BCUT2D eigenvalue weighted by atomic mass is 9.74. The highest BCUT2D eigenvalue weighted by Gasteiger charge is 2.37. The zero-order chi connectivity index (χ0) is 69.9. The maximum atomic E-state index is 5.81. The molecule has 0 bridgehead atoms. The molecule has 102 heavy (non-hydrogen) atoms. The second-order valence-electron chi connectivity index (χ2n) is 26.9. The summed E-state index contributed by atoms with van der Waals surface area (Å²) in [5, 5.41) is 3.09. The normalized spacial score (nSPS) is 14.0. The van der Waals surface area contributed by atoms with Gasteiger partial charge >= 0.3 is 0 Å². The molecule has 0 N–H and O–H groups in total. The largest absolute Gasteiger partial charge is 0.453 e. The highest BCUT2D eigenvalue weighted by Crippen LogP contribution is 2.53. The molecule has 0 aliphatic carbocycles. The molecule has 0 aromatic heterocycles. The van der Waals surface area contributed by atoms with Gasteiger partial charge in [0.15, 0.2) is 11.5 Å². The molecule has 13 aromatic carbocycles. The van der Waals surface area contributed by atoms with Gasteiger partial charge in [-0.25, -0.2) is 0 Å². The van der Waals surface area contributed by atoms with Gasteiger partial charge in [-0.15, -0.1) is 0 Å². The van der Waals surface area contributed by atoms with E-state index in [0.29, 0.717) is 0 Å². The summed E-state index contributed by atoms with van der Waals surface area (Å²) in [5.41, 5.74) is 24.1. The van der Waals surface area contributed by atoms with Crippen molar-refractivity contribution in [2.75, 3.05) is 88.5 Å². The number of ether oxygens (including phenoxy) is 1. The predicted octanol–water partition coefficient (Wildman–Crippen LogP) is 23.6. The van der Waals surface area contributed by atoms with Crippen molar-refractivity contribution >= 4 is 127 Å². The summed E-state index contributed by atoms with van der Waals surface area (Å²) in [5.74, 6) is 1.83. The van der Waals surface area contributed by atoms with Crippen LogP contribution in [0.5, 0.6) is 11.5 Å². The Bertz CT molecular complexity index is 4580. The first-order valence-corrected chi connectivity index (χ1v) is 38.4. The van der Waals surface area contributed by atoms with Crippen LogP contribution in [0.15, 0.2) is 331 Å². The van der Waals surface area contributed by atoms with E-state index in [1.165, 1.54) is 106 Å². The number of para-hydroxylation sites is 19. The summed E-state index contributed by atoms with van der Waals surface area (Å²) in [7, 11) is 13.3. The van der Waals surface area contributed by atoms with Gasteiger partial charge in [0, 0.05) is 93.0 Å². The number of hydrogen-bond acceptors (Lipinski definition) is 10. The zero-order valence-electron chi connectivity index (χ0n) is 59.5. The van der Waals surface area contributed by atoms with Crippen LogP contribution in [0.1, 0.15) is 32.4 Å². The van der Waals surface area contributed by atoms with Gasteiger partial charge in [0.2, 0.25) is 0 Å². The van der Waals surface area contributed by atoms with E-state index in [4.69, 9.17) is 4.74 Å². The van der Waals surface area contributed by atoms with Gasteiger partial charge < -0.3 is 43.9 Å². The smallest absolute Gasteiger partial charge is 0.151 e. The Morgan fingerprint density at radius 1 is 0.255 bits per heavy atom. The molecule has 0 saturated carbocycles. The average molecular weight is 1370 g/mol. The molecule has 11 heteroatoms. The van der Waals surface area contributed by atoms with Crippen molar-refractivity contribution < 1.29 is 4.74 Å². The SMILES string of the molecule is C.CN1c2ccccc2C(C)(C)c2ccccc21.CN1c2ccccc2N(C)c2ccccc21.CN1c2ccccc2N(c2ccccc2)c2ccccc21.CN1c2ccccc2Oc2ccccc21.CN1c2ccccc2Sc2ccccc21.CN1c2ccccc2[Si](C)(C)c2ccccc21. The van der Waals surface area contributed by atoms with Gasteiger partial charge in [-0.3, -0.25) is 0 Å². The summed E-state index contributed by atoms with van der Waals surface area (Å²) >= 11 is 1.84. The molecule has 19 rings (SSSR count). The number of fused-ring (bicyclic) bond motifs is 12. The third-order valence-electron chi connectivity index (χ3n) is 20.3. The number of benzene rings is 13. The lowest BCUT2D eigenvalue weighted by molar-refractivity contribution is 0.475. The third kappa shape index (κ3) is 13.0. The summed E-state index contributed by atoms with van der Waals surface area (Å²) in [6, 6.07) is 113. The maximum Gasteiger partial charge on any atom is 0.151 e. The Labute approximate surface area is 610 Å². The third-order valence-corrected chi connectivity index (χ3v) is 25.0. The minimum absolute atomic E-state index is 0. The van der Waals surface area contributed by atoms with Crippen molar-refractivity contribution in [1.29, 1.82) is 0 Å². The summed E-state index contributed by atoms with van der Waals surface area (Å²) < 4.78 is 5.81. The van der Waals surface area contributed by atoms with Gasteiger partial charge in [0.05, 0.1) is 68.2 Å². The molecule has 0 amide bonds. The minimum Gasteiger partial charge on any atom is -0.453 e. The second-order valence-corrected chi connectivity index (χ2v) is 32.3. The van der Waals surface area contributed by atoms with Crippen LogP contribution in [-0.4, -0.2) is 57.4 Å². The van der Waals surface area contributed by atoms with Crippen molar-refractivity contribution in [3.8, 4) is 11.5 Å². The molecule has 9 nitrogen and oxygen atoms in total. The predicted molar refractivity (Wildman–Crippen MR) is 442 cm³/mol. The molecule has 6 heterocycles. The topological polar surface area (TPSA) is 35.2 Å². The van der Waals surface area contributed by atoms with Crippen LogP contribution in [0.25, 0.3) is 0 Å². The summed E-state index contributed by atoms with van der Waals surface area (Å²) in [6.07, 6.45) is 0. The minimum atomic E-state index is -1.52. The second kappa shape index (κ2) is 29.4. The number of nitrogens with zero attached hydrogens (tertiary/aromatic N) is 8. The highest BCUT2D eigenvalue weighted by atomic mass is 32.2. The van der Waals surface area contributed by atoms with E-state index < -0.39 is 8.07 Å². The first-order valence-electron chi connectivity index (χ1n) is 34.6. The molecule has 0 saturated heterocycles. The Morgan fingerprint density at radius 2 is 0.500 bits per heavy atom. The van der Waals surface area contributed by atoms with Crippen LogP contribution >= 0.6 is 11.8 Å². The van der Waals surface area contributed by atoms with Crippen molar-refractivity contribution in [3.63, 3.8) is 0 Å². The lowest BCUT2D eigenvalue weighted by Gasteiger charge is -2.40. The quantitative estimate of drug-likeness (QED) is 0.148. The highest BCUT2D eigenvalue weighted by molar-refractivity contribution is 7.99. The van der Waals surface area contributed by atoms with Crippen LogP contribution in [0.2, 0.25) is 13.1 Å². The molecule has 510 valence electrons. The molecule has 6 aliphatic rings.